The number of allylic oxidation sites excluding steroid dienone is 1. The van der Waals surface area contributed by atoms with E-state index in [4.69, 9.17) is 5.11 Å². The number of aliphatic hydroxyl groups is 1. The molecule has 0 fully saturated rings. The van der Waals surface area contributed by atoms with Crippen molar-refractivity contribution in [1.29, 1.82) is 0 Å². The zero-order chi connectivity index (χ0) is 11.2. The first-order chi connectivity index (χ1) is 7.90. The van der Waals surface area contributed by atoms with Gasteiger partial charge in [-0.1, -0.05) is 24.3 Å². The van der Waals surface area contributed by atoms with E-state index in [9.17, 15) is 0 Å². The molecule has 0 atom stereocenters. The zero-order valence-electron chi connectivity index (χ0n) is 8.74. The van der Waals surface area contributed by atoms with E-state index in [0.717, 1.165) is 29.6 Å². The maximum absolute atomic E-state index is 8.56. The Morgan fingerprint density at radius 3 is 2.38 bits per heavy atom. The second kappa shape index (κ2) is 5.07. The molecule has 0 unspecified atom stereocenters. The molecule has 0 bridgehead atoms. The van der Waals surface area contributed by atoms with Crippen molar-refractivity contribution in [2.75, 3.05) is 0 Å². The van der Waals surface area contributed by atoms with Gasteiger partial charge in [0.2, 0.25) is 0 Å². The molecule has 0 aliphatic carbocycles. The van der Waals surface area contributed by atoms with Gasteiger partial charge < -0.3 is 5.11 Å². The van der Waals surface area contributed by atoms with Gasteiger partial charge in [0.25, 0.3) is 0 Å². The van der Waals surface area contributed by atoms with Crippen LogP contribution in [0.5, 0.6) is 0 Å². The fraction of sp³-hybridized carbons (Fsp3) is 0.0769. The molecule has 80 valence electrons. The number of hydrogen-bond acceptors (Lipinski definition) is 3. The predicted octanol–water partition coefficient (Wildman–Crippen LogP) is 2.76. The minimum absolute atomic E-state index is 0.728. The van der Waals surface area contributed by atoms with E-state index in [1.54, 1.807) is 24.5 Å². The topological polar surface area (TPSA) is 46.0 Å². The summed E-state index contributed by atoms with van der Waals surface area (Å²) in [6, 6.07) is 9.77. The van der Waals surface area contributed by atoms with Gasteiger partial charge in [-0.25, -0.2) is 9.97 Å². The Bertz CT molecular complexity index is 463. The molecule has 16 heavy (non-hydrogen) atoms. The molecule has 3 heteroatoms. The Balaban J connectivity index is 2.20. The quantitative estimate of drug-likeness (QED) is 0.796. The van der Waals surface area contributed by atoms with E-state index in [2.05, 4.69) is 9.97 Å². The molecule has 1 aromatic heterocycles. The van der Waals surface area contributed by atoms with Crippen molar-refractivity contribution in [3.63, 3.8) is 0 Å². The smallest absolute Gasteiger partial charge is 0.159 e. The molecule has 3 nitrogen and oxygen atoms in total. The van der Waals surface area contributed by atoms with Gasteiger partial charge in [-0.05, 0) is 24.1 Å². The molecule has 2 rings (SSSR count). The van der Waals surface area contributed by atoms with Crippen molar-refractivity contribution >= 4 is 0 Å². The van der Waals surface area contributed by atoms with E-state index in [0.29, 0.717) is 0 Å². The maximum Gasteiger partial charge on any atom is 0.159 e. The van der Waals surface area contributed by atoms with Crippen LogP contribution < -0.4 is 0 Å². The minimum atomic E-state index is 0.728. The number of hydrogen-bond donors (Lipinski definition) is 1. The minimum Gasteiger partial charge on any atom is -0.516 e. The van der Waals surface area contributed by atoms with Crippen LogP contribution in [0.3, 0.4) is 0 Å². The van der Waals surface area contributed by atoms with Gasteiger partial charge in [-0.2, -0.15) is 0 Å². The van der Waals surface area contributed by atoms with Crippen LogP contribution in [0.2, 0.25) is 0 Å². The van der Waals surface area contributed by atoms with Crippen molar-refractivity contribution in [2.45, 2.75) is 6.42 Å². The molecule has 1 heterocycles. The van der Waals surface area contributed by atoms with Crippen LogP contribution in [0.15, 0.2) is 55.1 Å². The van der Waals surface area contributed by atoms with Crippen molar-refractivity contribution in [2.24, 2.45) is 0 Å². The van der Waals surface area contributed by atoms with Crippen molar-refractivity contribution in [1.82, 2.24) is 9.97 Å². The van der Waals surface area contributed by atoms with E-state index < -0.39 is 0 Å². The lowest BCUT2D eigenvalue weighted by Crippen LogP contribution is -1.87. The number of aromatic nitrogens is 2. The predicted molar refractivity (Wildman–Crippen MR) is 62.9 cm³/mol. The summed E-state index contributed by atoms with van der Waals surface area (Å²) in [5.74, 6) is 0.728. The van der Waals surface area contributed by atoms with Crippen LogP contribution in [0.1, 0.15) is 5.56 Å². The lowest BCUT2D eigenvalue weighted by molar-refractivity contribution is 0.471. The van der Waals surface area contributed by atoms with Gasteiger partial charge >= 0.3 is 0 Å². The van der Waals surface area contributed by atoms with E-state index in [1.807, 2.05) is 24.3 Å². The van der Waals surface area contributed by atoms with Crippen molar-refractivity contribution in [3.8, 4) is 11.4 Å². The SMILES string of the molecule is O/C=C/Cc1ccc(-c2ncccn2)cc1. The Labute approximate surface area is 94.1 Å². The fourth-order valence-electron chi connectivity index (χ4n) is 1.43. The molecular weight excluding hydrogens is 200 g/mol. The van der Waals surface area contributed by atoms with E-state index in [-0.39, 0.29) is 0 Å². The van der Waals surface area contributed by atoms with Crippen LogP contribution in [-0.4, -0.2) is 15.1 Å². The molecule has 0 spiro atoms. The maximum atomic E-state index is 8.56. The summed E-state index contributed by atoms with van der Waals surface area (Å²) in [4.78, 5) is 8.35. The molecular formula is C13H12N2O. The monoisotopic (exact) mass is 212 g/mol. The number of nitrogens with zero attached hydrogens (tertiary/aromatic N) is 2. The lowest BCUT2D eigenvalue weighted by Gasteiger charge is -2.00. The summed E-state index contributed by atoms with van der Waals surface area (Å²) in [5, 5.41) is 8.56. The van der Waals surface area contributed by atoms with Gasteiger partial charge in [-0.3, -0.25) is 0 Å². The van der Waals surface area contributed by atoms with Crippen LogP contribution in [-0.2, 0) is 6.42 Å². The molecule has 1 N–H and O–H groups in total. The summed E-state index contributed by atoms with van der Waals surface area (Å²) in [5.41, 5.74) is 2.14. The third-order valence-corrected chi connectivity index (χ3v) is 2.24. The highest BCUT2D eigenvalue weighted by atomic mass is 16.2. The normalized spacial score (nSPS) is 10.8. The highest BCUT2D eigenvalue weighted by Gasteiger charge is 1.98. The molecule has 0 saturated carbocycles. The average Bonchev–Trinajstić information content (AvgIpc) is 2.38. The first kappa shape index (κ1) is 10.4. The molecule has 2 aromatic rings. The summed E-state index contributed by atoms with van der Waals surface area (Å²) < 4.78 is 0. The average molecular weight is 212 g/mol. The third-order valence-electron chi connectivity index (χ3n) is 2.24. The molecule has 0 saturated heterocycles. The van der Waals surface area contributed by atoms with Crippen LogP contribution in [0.4, 0.5) is 0 Å². The Morgan fingerprint density at radius 1 is 1.06 bits per heavy atom. The van der Waals surface area contributed by atoms with Crippen LogP contribution in [0.25, 0.3) is 11.4 Å². The van der Waals surface area contributed by atoms with Crippen molar-refractivity contribution < 1.29 is 5.11 Å². The highest BCUT2D eigenvalue weighted by Crippen LogP contribution is 2.14. The second-order valence-corrected chi connectivity index (χ2v) is 3.36. The first-order valence-corrected chi connectivity index (χ1v) is 5.05. The zero-order valence-corrected chi connectivity index (χ0v) is 8.74. The van der Waals surface area contributed by atoms with Crippen LogP contribution in [0, 0.1) is 0 Å². The number of aliphatic hydroxyl groups excluding tert-OH is 1. The Morgan fingerprint density at radius 2 is 1.75 bits per heavy atom. The Hall–Kier alpha value is -2.16. The van der Waals surface area contributed by atoms with Crippen LogP contribution >= 0.6 is 0 Å². The second-order valence-electron chi connectivity index (χ2n) is 3.36. The first-order valence-electron chi connectivity index (χ1n) is 5.05. The third kappa shape index (κ3) is 2.45. The largest absolute Gasteiger partial charge is 0.516 e. The van der Waals surface area contributed by atoms with Gasteiger partial charge in [0.15, 0.2) is 5.82 Å². The van der Waals surface area contributed by atoms with Gasteiger partial charge in [-0.15, -0.1) is 0 Å². The summed E-state index contributed by atoms with van der Waals surface area (Å²) in [6.45, 7) is 0. The Kier molecular flexibility index (Phi) is 3.28. The lowest BCUT2D eigenvalue weighted by atomic mass is 10.1. The van der Waals surface area contributed by atoms with Gasteiger partial charge in [0.05, 0.1) is 6.26 Å². The summed E-state index contributed by atoms with van der Waals surface area (Å²) >= 11 is 0. The van der Waals surface area contributed by atoms with E-state index >= 15 is 0 Å². The molecule has 1 aromatic carbocycles. The van der Waals surface area contributed by atoms with E-state index in [1.165, 1.54) is 0 Å². The molecule has 0 amide bonds. The molecule has 0 aliphatic rings. The number of rotatable bonds is 3. The van der Waals surface area contributed by atoms with Gasteiger partial charge in [0, 0.05) is 18.0 Å². The number of benzene rings is 1. The highest BCUT2D eigenvalue weighted by molar-refractivity contribution is 5.54. The molecule has 0 radical (unpaired) electrons. The summed E-state index contributed by atoms with van der Waals surface area (Å²) in [7, 11) is 0. The van der Waals surface area contributed by atoms with Gasteiger partial charge in [0.1, 0.15) is 0 Å². The standard InChI is InChI=1S/C13H12N2O/c16-10-1-3-11-4-6-12(7-5-11)13-14-8-2-9-15-13/h1-2,4-10,16H,3H2/b10-1+. The molecule has 0 aliphatic heterocycles. The fourth-order valence-corrected chi connectivity index (χ4v) is 1.43. The summed E-state index contributed by atoms with van der Waals surface area (Å²) in [6.07, 6.45) is 6.95. The van der Waals surface area contributed by atoms with Crippen molar-refractivity contribution in [3.05, 3.63) is 60.6 Å².